The number of carbonyl (C=O) groups is 3. The van der Waals surface area contributed by atoms with Gasteiger partial charge in [0.05, 0.1) is 23.0 Å². The lowest BCUT2D eigenvalue weighted by atomic mass is 10.1. The van der Waals surface area contributed by atoms with Gasteiger partial charge in [-0.2, -0.15) is 0 Å². The molecule has 0 atom stereocenters. The Hall–Kier alpha value is -3.09. The zero-order valence-electron chi connectivity index (χ0n) is 9.99. The molecule has 0 unspecified atom stereocenters. The molecular weight excluding hydrogens is 266 g/mol. The Balaban J connectivity index is 2.33. The van der Waals surface area contributed by atoms with Crippen LogP contribution in [0.5, 0.6) is 0 Å². The van der Waals surface area contributed by atoms with Crippen LogP contribution in [0.3, 0.4) is 0 Å². The summed E-state index contributed by atoms with van der Waals surface area (Å²) in [6.45, 7) is 0. The van der Waals surface area contributed by atoms with Gasteiger partial charge in [-0.3, -0.25) is 4.79 Å². The molecule has 20 heavy (non-hydrogen) atoms. The van der Waals surface area contributed by atoms with E-state index in [0.29, 0.717) is 0 Å². The van der Waals surface area contributed by atoms with Gasteiger partial charge in [-0.1, -0.05) is 0 Å². The van der Waals surface area contributed by atoms with E-state index in [9.17, 15) is 14.4 Å². The van der Waals surface area contributed by atoms with Crippen LogP contribution in [-0.2, 0) is 0 Å². The molecule has 0 radical (unpaired) electrons. The first-order valence-electron chi connectivity index (χ1n) is 5.42. The Morgan fingerprint density at radius 2 is 1.55 bits per heavy atom. The van der Waals surface area contributed by atoms with E-state index in [1.54, 1.807) is 0 Å². The van der Waals surface area contributed by atoms with E-state index in [1.807, 2.05) is 0 Å². The van der Waals surface area contributed by atoms with Gasteiger partial charge in [0.15, 0.2) is 0 Å². The molecule has 2 rings (SSSR count). The summed E-state index contributed by atoms with van der Waals surface area (Å²) in [5.74, 6) is -3.10. The SMILES string of the molecule is O=C(O)c1cc(NC(=O)c2ccoc2)cc(C(=O)O)c1. The molecule has 1 heterocycles. The third-order valence-corrected chi connectivity index (χ3v) is 2.47. The smallest absolute Gasteiger partial charge is 0.335 e. The number of carboxylic acid groups (broad SMARTS) is 2. The van der Waals surface area contributed by atoms with Crippen molar-refractivity contribution in [1.29, 1.82) is 0 Å². The number of rotatable bonds is 4. The number of hydrogen-bond acceptors (Lipinski definition) is 4. The maximum atomic E-state index is 11.8. The molecular formula is C13H9NO6. The van der Waals surface area contributed by atoms with Crippen LogP contribution in [0, 0.1) is 0 Å². The Morgan fingerprint density at radius 3 is 2.00 bits per heavy atom. The van der Waals surface area contributed by atoms with Crippen LogP contribution in [0.25, 0.3) is 0 Å². The number of carboxylic acids is 2. The molecule has 0 fully saturated rings. The van der Waals surface area contributed by atoms with Gasteiger partial charge in [0, 0.05) is 5.69 Å². The van der Waals surface area contributed by atoms with E-state index in [4.69, 9.17) is 14.6 Å². The van der Waals surface area contributed by atoms with E-state index in [0.717, 1.165) is 6.07 Å². The van der Waals surface area contributed by atoms with Crippen LogP contribution in [0.1, 0.15) is 31.1 Å². The van der Waals surface area contributed by atoms with Crippen molar-refractivity contribution >= 4 is 23.5 Å². The summed E-state index contributed by atoms with van der Waals surface area (Å²) < 4.78 is 4.75. The Kier molecular flexibility index (Phi) is 3.52. The summed E-state index contributed by atoms with van der Waals surface area (Å²) in [4.78, 5) is 33.6. The molecule has 1 aromatic carbocycles. The molecule has 0 saturated heterocycles. The van der Waals surface area contributed by atoms with Crippen LogP contribution in [0.4, 0.5) is 5.69 Å². The second-order valence-corrected chi connectivity index (χ2v) is 3.88. The maximum Gasteiger partial charge on any atom is 0.335 e. The lowest BCUT2D eigenvalue weighted by Gasteiger charge is -2.06. The Morgan fingerprint density at radius 1 is 0.950 bits per heavy atom. The Bertz CT molecular complexity index is 642. The maximum absolute atomic E-state index is 11.8. The summed E-state index contributed by atoms with van der Waals surface area (Å²) in [6.07, 6.45) is 2.53. The van der Waals surface area contributed by atoms with Crippen molar-refractivity contribution in [3.63, 3.8) is 0 Å². The molecule has 7 nitrogen and oxygen atoms in total. The van der Waals surface area contributed by atoms with Gasteiger partial charge >= 0.3 is 11.9 Å². The first-order chi connectivity index (χ1) is 9.47. The van der Waals surface area contributed by atoms with Crippen molar-refractivity contribution in [2.75, 3.05) is 5.32 Å². The quantitative estimate of drug-likeness (QED) is 0.784. The highest BCUT2D eigenvalue weighted by Gasteiger charge is 2.14. The van der Waals surface area contributed by atoms with Gasteiger partial charge in [0.2, 0.25) is 0 Å². The number of anilines is 1. The van der Waals surface area contributed by atoms with Gasteiger partial charge in [-0.25, -0.2) is 9.59 Å². The fourth-order valence-electron chi connectivity index (χ4n) is 1.54. The largest absolute Gasteiger partial charge is 0.478 e. The fourth-order valence-corrected chi connectivity index (χ4v) is 1.54. The molecule has 1 aromatic heterocycles. The lowest BCUT2D eigenvalue weighted by molar-refractivity contribution is 0.0696. The number of benzene rings is 1. The van der Waals surface area contributed by atoms with E-state index in [-0.39, 0.29) is 22.4 Å². The first-order valence-corrected chi connectivity index (χ1v) is 5.42. The third kappa shape index (κ3) is 2.83. The summed E-state index contributed by atoms with van der Waals surface area (Å²) in [6, 6.07) is 4.78. The van der Waals surface area contributed by atoms with Crippen LogP contribution in [-0.4, -0.2) is 28.1 Å². The van der Waals surface area contributed by atoms with Crippen molar-refractivity contribution in [2.45, 2.75) is 0 Å². The highest BCUT2D eigenvalue weighted by atomic mass is 16.4. The highest BCUT2D eigenvalue weighted by molar-refractivity contribution is 6.05. The van der Waals surface area contributed by atoms with Crippen LogP contribution >= 0.6 is 0 Å². The minimum absolute atomic E-state index is 0.0773. The average molecular weight is 275 g/mol. The zero-order chi connectivity index (χ0) is 14.7. The molecule has 0 bridgehead atoms. The van der Waals surface area contributed by atoms with Crippen molar-refractivity contribution in [3.8, 4) is 0 Å². The third-order valence-electron chi connectivity index (χ3n) is 2.47. The first kappa shape index (κ1) is 13.3. The lowest BCUT2D eigenvalue weighted by Crippen LogP contribution is -2.12. The molecule has 2 aromatic rings. The van der Waals surface area contributed by atoms with Crippen molar-refractivity contribution in [3.05, 3.63) is 53.5 Å². The second kappa shape index (κ2) is 5.27. The van der Waals surface area contributed by atoms with Gasteiger partial charge in [0.1, 0.15) is 6.26 Å². The van der Waals surface area contributed by atoms with Crippen LogP contribution in [0.15, 0.2) is 41.2 Å². The summed E-state index contributed by atoms with van der Waals surface area (Å²) >= 11 is 0. The molecule has 1 amide bonds. The normalized spacial score (nSPS) is 10.0. The van der Waals surface area contributed by atoms with E-state index < -0.39 is 17.8 Å². The minimum atomic E-state index is -1.29. The fraction of sp³-hybridized carbons (Fsp3) is 0. The monoisotopic (exact) mass is 275 g/mol. The molecule has 3 N–H and O–H groups in total. The molecule has 102 valence electrons. The van der Waals surface area contributed by atoms with E-state index >= 15 is 0 Å². The summed E-state index contributed by atoms with van der Waals surface area (Å²) in [5.41, 5.74) is -0.143. The van der Waals surface area contributed by atoms with Gasteiger partial charge in [-0.05, 0) is 24.3 Å². The average Bonchev–Trinajstić information content (AvgIpc) is 2.92. The van der Waals surface area contributed by atoms with E-state index in [1.165, 1.54) is 30.7 Å². The van der Waals surface area contributed by atoms with Crippen molar-refractivity contribution in [1.82, 2.24) is 0 Å². The molecule has 0 aliphatic carbocycles. The van der Waals surface area contributed by atoms with Crippen LogP contribution < -0.4 is 5.32 Å². The summed E-state index contributed by atoms with van der Waals surface area (Å²) in [5, 5.41) is 20.2. The van der Waals surface area contributed by atoms with Crippen molar-refractivity contribution < 1.29 is 29.0 Å². The number of furan rings is 1. The predicted octanol–water partition coefficient (Wildman–Crippen LogP) is 1.93. The highest BCUT2D eigenvalue weighted by Crippen LogP contribution is 2.16. The van der Waals surface area contributed by atoms with Gasteiger partial charge in [-0.15, -0.1) is 0 Å². The number of nitrogens with one attached hydrogen (secondary N) is 1. The zero-order valence-corrected chi connectivity index (χ0v) is 9.99. The second-order valence-electron chi connectivity index (χ2n) is 3.88. The van der Waals surface area contributed by atoms with Crippen molar-refractivity contribution in [2.24, 2.45) is 0 Å². The van der Waals surface area contributed by atoms with Gasteiger partial charge < -0.3 is 19.9 Å². The Labute approximate surface area is 112 Å². The molecule has 7 heteroatoms. The number of aromatic carboxylic acids is 2. The van der Waals surface area contributed by atoms with E-state index in [2.05, 4.69) is 5.32 Å². The number of amides is 1. The molecule has 0 saturated carbocycles. The number of hydrogen-bond donors (Lipinski definition) is 3. The molecule has 0 aliphatic rings. The standard InChI is InChI=1S/C13H9NO6/c15-11(7-1-2-20-6-7)14-10-4-8(12(16)17)3-9(5-10)13(18)19/h1-6H,(H,14,15)(H,16,17)(H,18,19). The predicted molar refractivity (Wildman–Crippen MR) is 67.0 cm³/mol. The molecule has 0 aliphatic heterocycles. The topological polar surface area (TPSA) is 117 Å². The van der Waals surface area contributed by atoms with Crippen LogP contribution in [0.2, 0.25) is 0 Å². The minimum Gasteiger partial charge on any atom is -0.478 e. The molecule has 0 spiro atoms. The van der Waals surface area contributed by atoms with Gasteiger partial charge in [0.25, 0.3) is 5.91 Å². The number of carbonyl (C=O) groups excluding carboxylic acids is 1. The summed E-state index contributed by atoms with van der Waals surface area (Å²) in [7, 11) is 0.